The first-order chi connectivity index (χ1) is 8.22. The molecule has 92 valence electrons. The summed E-state index contributed by atoms with van der Waals surface area (Å²) < 4.78 is 5.23. The first-order valence-corrected chi connectivity index (χ1v) is 5.94. The zero-order valence-corrected chi connectivity index (χ0v) is 10.5. The van der Waals surface area contributed by atoms with Crippen molar-refractivity contribution in [1.29, 1.82) is 0 Å². The number of anilines is 1. The molecular weight excluding hydrogens is 240 g/mol. The van der Waals surface area contributed by atoms with Gasteiger partial charge < -0.3 is 15.0 Å². The SMILES string of the molecule is CNc1cc(Cl)ccc1C(=O)N1CCOCC1. The summed E-state index contributed by atoms with van der Waals surface area (Å²) in [6.45, 7) is 2.50. The van der Waals surface area contributed by atoms with Crippen molar-refractivity contribution in [3.05, 3.63) is 28.8 Å². The van der Waals surface area contributed by atoms with Crippen LogP contribution in [-0.2, 0) is 4.74 Å². The summed E-state index contributed by atoms with van der Waals surface area (Å²) in [5, 5.41) is 3.61. The van der Waals surface area contributed by atoms with E-state index in [-0.39, 0.29) is 5.91 Å². The Morgan fingerprint density at radius 3 is 2.76 bits per heavy atom. The first-order valence-electron chi connectivity index (χ1n) is 5.56. The van der Waals surface area contributed by atoms with E-state index in [1.165, 1.54) is 0 Å². The lowest BCUT2D eigenvalue weighted by Gasteiger charge is -2.27. The fourth-order valence-corrected chi connectivity index (χ4v) is 2.02. The summed E-state index contributed by atoms with van der Waals surface area (Å²) in [5.74, 6) is 0.0225. The second kappa shape index (κ2) is 5.38. The van der Waals surface area contributed by atoms with E-state index in [9.17, 15) is 4.79 Å². The molecule has 0 bridgehead atoms. The number of amides is 1. The van der Waals surface area contributed by atoms with Crippen molar-refractivity contribution in [2.24, 2.45) is 0 Å². The van der Waals surface area contributed by atoms with Gasteiger partial charge in [-0.05, 0) is 18.2 Å². The molecule has 1 saturated heterocycles. The van der Waals surface area contributed by atoms with E-state index in [0.29, 0.717) is 36.9 Å². The normalized spacial score (nSPS) is 15.8. The van der Waals surface area contributed by atoms with Crippen molar-refractivity contribution in [3.8, 4) is 0 Å². The highest BCUT2D eigenvalue weighted by molar-refractivity contribution is 6.31. The van der Waals surface area contributed by atoms with Crippen LogP contribution in [0, 0.1) is 0 Å². The van der Waals surface area contributed by atoms with Crippen LogP contribution < -0.4 is 5.32 Å². The molecule has 0 atom stereocenters. The molecule has 0 saturated carbocycles. The molecule has 4 nitrogen and oxygen atoms in total. The number of morpholine rings is 1. The quantitative estimate of drug-likeness (QED) is 0.876. The number of halogens is 1. The van der Waals surface area contributed by atoms with Crippen molar-refractivity contribution in [3.63, 3.8) is 0 Å². The average Bonchev–Trinajstić information content (AvgIpc) is 2.39. The van der Waals surface area contributed by atoms with Gasteiger partial charge in [0.1, 0.15) is 0 Å². The maximum atomic E-state index is 12.3. The third-order valence-electron chi connectivity index (χ3n) is 2.78. The molecule has 1 fully saturated rings. The van der Waals surface area contributed by atoms with Crippen molar-refractivity contribution in [2.75, 3.05) is 38.7 Å². The van der Waals surface area contributed by atoms with Crippen LogP contribution in [0.3, 0.4) is 0 Å². The number of nitrogens with zero attached hydrogens (tertiary/aromatic N) is 1. The van der Waals surface area contributed by atoms with E-state index in [4.69, 9.17) is 16.3 Å². The van der Waals surface area contributed by atoms with E-state index in [1.807, 2.05) is 0 Å². The highest BCUT2D eigenvalue weighted by atomic mass is 35.5. The largest absolute Gasteiger partial charge is 0.387 e. The molecule has 1 N–H and O–H groups in total. The third-order valence-corrected chi connectivity index (χ3v) is 3.01. The predicted molar refractivity (Wildman–Crippen MR) is 67.7 cm³/mol. The number of carbonyl (C=O) groups is 1. The second-order valence-electron chi connectivity index (χ2n) is 3.84. The number of ether oxygens (including phenoxy) is 1. The van der Waals surface area contributed by atoms with E-state index < -0.39 is 0 Å². The van der Waals surface area contributed by atoms with Gasteiger partial charge in [0, 0.05) is 30.8 Å². The van der Waals surface area contributed by atoms with Crippen molar-refractivity contribution >= 4 is 23.2 Å². The number of hydrogen-bond donors (Lipinski definition) is 1. The van der Waals surface area contributed by atoms with Gasteiger partial charge in [0.25, 0.3) is 5.91 Å². The Morgan fingerprint density at radius 1 is 1.41 bits per heavy atom. The lowest BCUT2D eigenvalue weighted by molar-refractivity contribution is 0.0303. The predicted octanol–water partition coefficient (Wildman–Crippen LogP) is 1.85. The van der Waals surface area contributed by atoms with Gasteiger partial charge in [0.2, 0.25) is 0 Å². The molecule has 0 aromatic heterocycles. The Kier molecular flexibility index (Phi) is 3.86. The molecule has 17 heavy (non-hydrogen) atoms. The van der Waals surface area contributed by atoms with Crippen LogP contribution in [0.5, 0.6) is 0 Å². The van der Waals surface area contributed by atoms with Gasteiger partial charge in [-0.15, -0.1) is 0 Å². The fourth-order valence-electron chi connectivity index (χ4n) is 1.85. The van der Waals surface area contributed by atoms with Gasteiger partial charge in [-0.2, -0.15) is 0 Å². The monoisotopic (exact) mass is 254 g/mol. The Labute approximate surface area is 106 Å². The Hall–Kier alpha value is -1.26. The maximum absolute atomic E-state index is 12.3. The van der Waals surface area contributed by atoms with Gasteiger partial charge in [-0.25, -0.2) is 0 Å². The van der Waals surface area contributed by atoms with Crippen LogP contribution in [0.25, 0.3) is 0 Å². The smallest absolute Gasteiger partial charge is 0.256 e. The molecule has 0 aliphatic carbocycles. The molecule has 0 spiro atoms. The van der Waals surface area contributed by atoms with Crippen LogP contribution >= 0.6 is 11.6 Å². The van der Waals surface area contributed by atoms with Gasteiger partial charge in [0.15, 0.2) is 0 Å². The molecule has 1 aromatic carbocycles. The van der Waals surface area contributed by atoms with Crippen molar-refractivity contribution in [1.82, 2.24) is 4.90 Å². The number of benzene rings is 1. The maximum Gasteiger partial charge on any atom is 0.256 e. The second-order valence-corrected chi connectivity index (χ2v) is 4.28. The van der Waals surface area contributed by atoms with Crippen LogP contribution in [0.15, 0.2) is 18.2 Å². The Balaban J connectivity index is 2.23. The summed E-state index contributed by atoms with van der Waals surface area (Å²) in [6, 6.07) is 5.25. The van der Waals surface area contributed by atoms with Gasteiger partial charge >= 0.3 is 0 Å². The zero-order valence-electron chi connectivity index (χ0n) is 9.70. The Bertz CT molecular complexity index is 417. The highest BCUT2D eigenvalue weighted by Crippen LogP contribution is 2.22. The van der Waals surface area contributed by atoms with E-state index in [1.54, 1.807) is 30.1 Å². The van der Waals surface area contributed by atoms with E-state index >= 15 is 0 Å². The topological polar surface area (TPSA) is 41.6 Å². The first kappa shape index (κ1) is 12.2. The minimum Gasteiger partial charge on any atom is -0.387 e. The number of carbonyl (C=O) groups excluding carboxylic acids is 1. The van der Waals surface area contributed by atoms with Gasteiger partial charge in [-0.1, -0.05) is 11.6 Å². The summed E-state index contributed by atoms with van der Waals surface area (Å²) >= 11 is 5.90. The van der Waals surface area contributed by atoms with E-state index in [0.717, 1.165) is 5.69 Å². The van der Waals surface area contributed by atoms with Crippen molar-refractivity contribution < 1.29 is 9.53 Å². The minimum atomic E-state index is 0.0225. The molecular formula is C12H15ClN2O2. The highest BCUT2D eigenvalue weighted by Gasteiger charge is 2.20. The molecule has 1 amide bonds. The van der Waals surface area contributed by atoms with Gasteiger partial charge in [-0.3, -0.25) is 4.79 Å². The number of nitrogens with one attached hydrogen (secondary N) is 1. The molecule has 0 radical (unpaired) electrons. The van der Waals surface area contributed by atoms with Gasteiger partial charge in [0.05, 0.1) is 18.8 Å². The van der Waals surface area contributed by atoms with Crippen LogP contribution in [0.1, 0.15) is 10.4 Å². The van der Waals surface area contributed by atoms with E-state index in [2.05, 4.69) is 5.32 Å². The Morgan fingerprint density at radius 2 is 2.12 bits per heavy atom. The summed E-state index contributed by atoms with van der Waals surface area (Å²) in [7, 11) is 1.78. The van der Waals surface area contributed by atoms with Crippen molar-refractivity contribution in [2.45, 2.75) is 0 Å². The molecule has 1 aliphatic heterocycles. The lowest BCUT2D eigenvalue weighted by atomic mass is 10.1. The average molecular weight is 255 g/mol. The summed E-state index contributed by atoms with van der Waals surface area (Å²) in [6.07, 6.45) is 0. The van der Waals surface area contributed by atoms with Crippen LogP contribution in [-0.4, -0.2) is 44.2 Å². The molecule has 1 aromatic rings. The number of hydrogen-bond acceptors (Lipinski definition) is 3. The van der Waals surface area contributed by atoms with Crippen LogP contribution in [0.2, 0.25) is 5.02 Å². The lowest BCUT2D eigenvalue weighted by Crippen LogP contribution is -2.40. The summed E-state index contributed by atoms with van der Waals surface area (Å²) in [4.78, 5) is 14.1. The number of rotatable bonds is 2. The fraction of sp³-hybridized carbons (Fsp3) is 0.417. The molecule has 5 heteroatoms. The molecule has 0 unspecified atom stereocenters. The standard InChI is InChI=1S/C12H15ClN2O2/c1-14-11-8-9(13)2-3-10(11)12(16)15-4-6-17-7-5-15/h2-3,8,14H,4-7H2,1H3. The zero-order chi connectivity index (χ0) is 12.3. The van der Waals surface area contributed by atoms with Crippen LogP contribution in [0.4, 0.5) is 5.69 Å². The summed E-state index contributed by atoms with van der Waals surface area (Å²) in [5.41, 5.74) is 1.41. The molecule has 1 aliphatic rings. The molecule has 1 heterocycles. The third kappa shape index (κ3) is 2.70. The molecule has 2 rings (SSSR count). The minimum absolute atomic E-state index is 0.0225.